The number of ketones is 2. The maximum absolute atomic E-state index is 12.1. The first-order chi connectivity index (χ1) is 8.98. The van der Waals surface area contributed by atoms with Gasteiger partial charge in [-0.1, -0.05) is 0 Å². The van der Waals surface area contributed by atoms with E-state index >= 15 is 0 Å². The van der Waals surface area contributed by atoms with Crippen LogP contribution < -0.4 is 10.6 Å². The topological polar surface area (TPSA) is 78.4 Å². The van der Waals surface area contributed by atoms with Crippen LogP contribution in [-0.4, -0.2) is 48.0 Å². The zero-order chi connectivity index (χ0) is 14.0. The van der Waals surface area contributed by atoms with Gasteiger partial charge >= 0.3 is 0 Å². The molecule has 19 heavy (non-hydrogen) atoms. The average molecular weight is 268 g/mol. The highest BCUT2D eigenvalue weighted by molar-refractivity contribution is 5.92. The number of likely N-dealkylation sites (N-methyl/N-ethyl adjacent to an activating group) is 1. The monoisotopic (exact) mass is 268 g/mol. The third-order valence-corrected chi connectivity index (χ3v) is 4.52. The molecule has 2 rings (SSSR count). The smallest absolute Gasteiger partial charge is 0.153 e. The molecule has 5 heteroatoms. The van der Waals surface area contributed by atoms with Crippen molar-refractivity contribution in [3.8, 4) is 0 Å². The van der Waals surface area contributed by atoms with Crippen molar-refractivity contribution in [1.82, 2.24) is 10.6 Å². The Morgan fingerprint density at radius 3 is 2.89 bits per heavy atom. The molecule has 108 valence electrons. The maximum Gasteiger partial charge on any atom is 0.153 e. The van der Waals surface area contributed by atoms with Crippen molar-refractivity contribution in [2.24, 2.45) is 5.92 Å². The summed E-state index contributed by atoms with van der Waals surface area (Å²) in [6.07, 6.45) is 2.89. The molecular formula is C14H24N2O3. The lowest BCUT2D eigenvalue weighted by atomic mass is 9.90. The van der Waals surface area contributed by atoms with Gasteiger partial charge in [0.15, 0.2) is 11.6 Å². The van der Waals surface area contributed by atoms with Crippen molar-refractivity contribution < 1.29 is 14.7 Å². The van der Waals surface area contributed by atoms with Gasteiger partial charge in [-0.05, 0) is 45.7 Å². The van der Waals surface area contributed by atoms with Crippen molar-refractivity contribution in [2.75, 3.05) is 13.6 Å². The van der Waals surface area contributed by atoms with Crippen molar-refractivity contribution in [3.63, 3.8) is 0 Å². The summed E-state index contributed by atoms with van der Waals surface area (Å²) >= 11 is 0. The number of hydrogen-bond acceptors (Lipinski definition) is 5. The van der Waals surface area contributed by atoms with E-state index in [-0.39, 0.29) is 23.0 Å². The van der Waals surface area contributed by atoms with Crippen LogP contribution in [0.3, 0.4) is 0 Å². The van der Waals surface area contributed by atoms with E-state index in [9.17, 15) is 14.7 Å². The highest BCUT2D eigenvalue weighted by atomic mass is 16.3. The summed E-state index contributed by atoms with van der Waals surface area (Å²) in [6, 6.07) is -0.525. The second-order valence-corrected chi connectivity index (χ2v) is 5.99. The third-order valence-electron chi connectivity index (χ3n) is 4.52. The fourth-order valence-electron chi connectivity index (χ4n) is 3.58. The highest BCUT2D eigenvalue weighted by Gasteiger charge is 2.48. The molecule has 1 heterocycles. The normalized spacial score (nSPS) is 33.8. The predicted molar refractivity (Wildman–Crippen MR) is 71.9 cm³/mol. The predicted octanol–water partition coefficient (Wildman–Crippen LogP) is 0.0157. The summed E-state index contributed by atoms with van der Waals surface area (Å²) in [6.45, 7) is 2.51. The van der Waals surface area contributed by atoms with Crippen LogP contribution >= 0.6 is 0 Å². The van der Waals surface area contributed by atoms with Crippen LogP contribution in [0.2, 0.25) is 0 Å². The summed E-state index contributed by atoms with van der Waals surface area (Å²) in [5.74, 6) is 0.395. The Morgan fingerprint density at radius 1 is 1.63 bits per heavy atom. The van der Waals surface area contributed by atoms with Crippen LogP contribution in [0.4, 0.5) is 0 Å². The van der Waals surface area contributed by atoms with Gasteiger partial charge in [0.05, 0.1) is 17.7 Å². The Balaban J connectivity index is 1.94. The molecule has 1 spiro atoms. The molecule has 2 fully saturated rings. The van der Waals surface area contributed by atoms with E-state index in [2.05, 4.69) is 10.6 Å². The van der Waals surface area contributed by atoms with Crippen molar-refractivity contribution in [2.45, 2.75) is 56.7 Å². The zero-order valence-electron chi connectivity index (χ0n) is 11.7. The van der Waals surface area contributed by atoms with Crippen LogP contribution in [-0.2, 0) is 9.59 Å². The largest absolute Gasteiger partial charge is 0.391 e. The number of hydrogen-bond donors (Lipinski definition) is 3. The molecule has 0 radical (unpaired) electrons. The quantitative estimate of drug-likeness (QED) is 0.655. The fraction of sp³-hybridized carbons (Fsp3) is 0.857. The van der Waals surface area contributed by atoms with Gasteiger partial charge < -0.3 is 15.7 Å². The summed E-state index contributed by atoms with van der Waals surface area (Å²) in [5.41, 5.74) is -0.342. The highest BCUT2D eigenvalue weighted by Crippen LogP contribution is 2.39. The van der Waals surface area contributed by atoms with Crippen LogP contribution in [0.1, 0.15) is 39.0 Å². The molecule has 1 saturated heterocycles. The molecule has 4 atom stereocenters. The first kappa shape index (κ1) is 14.6. The number of aliphatic hydroxyl groups is 1. The molecular weight excluding hydrogens is 244 g/mol. The number of carbonyl (C=O) groups is 2. The number of aliphatic hydroxyl groups excluding tert-OH is 1. The molecule has 0 aromatic carbocycles. The minimum absolute atomic E-state index is 0.00495. The van der Waals surface area contributed by atoms with Gasteiger partial charge in [0.2, 0.25) is 0 Å². The Morgan fingerprint density at radius 2 is 2.37 bits per heavy atom. The van der Waals surface area contributed by atoms with Crippen LogP contribution in [0, 0.1) is 5.92 Å². The van der Waals surface area contributed by atoms with E-state index in [1.54, 1.807) is 14.0 Å². The summed E-state index contributed by atoms with van der Waals surface area (Å²) in [7, 11) is 1.68. The molecule has 1 aliphatic carbocycles. The fourth-order valence-corrected chi connectivity index (χ4v) is 3.58. The van der Waals surface area contributed by atoms with E-state index in [4.69, 9.17) is 0 Å². The van der Waals surface area contributed by atoms with Gasteiger partial charge in [-0.25, -0.2) is 0 Å². The lowest BCUT2D eigenvalue weighted by Gasteiger charge is -2.23. The average Bonchev–Trinajstić information content (AvgIpc) is 2.89. The Labute approximate surface area is 114 Å². The van der Waals surface area contributed by atoms with Crippen molar-refractivity contribution >= 4 is 11.6 Å². The van der Waals surface area contributed by atoms with Crippen LogP contribution in [0.5, 0.6) is 0 Å². The molecule has 3 N–H and O–H groups in total. The van der Waals surface area contributed by atoms with Crippen molar-refractivity contribution in [1.29, 1.82) is 0 Å². The summed E-state index contributed by atoms with van der Waals surface area (Å²) in [4.78, 5) is 24.3. The Kier molecular flexibility index (Phi) is 4.38. The first-order valence-electron chi connectivity index (χ1n) is 7.15. The van der Waals surface area contributed by atoms with Crippen LogP contribution in [0.15, 0.2) is 0 Å². The van der Waals surface area contributed by atoms with Crippen molar-refractivity contribution in [3.05, 3.63) is 0 Å². The molecule has 0 bridgehead atoms. The SMILES string of the molecule is CNC(C(=O)CC1CC(=O)C2(CCCN2)C1)C(C)O. The molecule has 0 aromatic heterocycles. The Hall–Kier alpha value is -0.780. The zero-order valence-corrected chi connectivity index (χ0v) is 11.7. The molecule has 0 aromatic rings. The second kappa shape index (κ2) is 5.69. The van der Waals surface area contributed by atoms with Gasteiger partial charge in [-0.3, -0.25) is 9.59 Å². The third kappa shape index (κ3) is 2.88. The minimum atomic E-state index is -0.701. The Bertz CT molecular complexity index is 362. The summed E-state index contributed by atoms with van der Waals surface area (Å²) < 4.78 is 0. The van der Waals surface area contributed by atoms with Gasteiger partial charge in [0.1, 0.15) is 0 Å². The van der Waals surface area contributed by atoms with E-state index < -0.39 is 12.1 Å². The molecule has 0 amide bonds. The lowest BCUT2D eigenvalue weighted by Crippen LogP contribution is -2.44. The number of Topliss-reactive ketones (excluding diaryl/α,β-unsaturated/α-hetero) is 2. The van der Waals surface area contributed by atoms with E-state index in [1.165, 1.54) is 0 Å². The standard InChI is InChI=1S/C14H24N2O3/c1-9(17)13(15-2)11(18)6-10-7-12(19)14(8-10)4-3-5-16-14/h9-10,13,15-17H,3-8H2,1-2H3. The number of rotatable bonds is 5. The molecule has 1 saturated carbocycles. The summed E-state index contributed by atoms with van der Waals surface area (Å²) in [5, 5.41) is 15.7. The number of nitrogens with one attached hydrogen (secondary N) is 2. The van der Waals surface area contributed by atoms with Gasteiger partial charge in [-0.15, -0.1) is 0 Å². The van der Waals surface area contributed by atoms with Crippen LogP contribution in [0.25, 0.3) is 0 Å². The van der Waals surface area contributed by atoms with E-state index in [1.807, 2.05) is 0 Å². The minimum Gasteiger partial charge on any atom is -0.391 e. The van der Waals surface area contributed by atoms with Gasteiger partial charge in [0.25, 0.3) is 0 Å². The molecule has 5 nitrogen and oxygen atoms in total. The van der Waals surface area contributed by atoms with Gasteiger partial charge in [0, 0.05) is 12.8 Å². The molecule has 1 aliphatic heterocycles. The molecule has 4 unspecified atom stereocenters. The van der Waals surface area contributed by atoms with E-state index in [0.717, 1.165) is 25.8 Å². The van der Waals surface area contributed by atoms with E-state index in [0.29, 0.717) is 12.8 Å². The number of carbonyl (C=O) groups excluding carboxylic acids is 2. The molecule has 2 aliphatic rings. The first-order valence-corrected chi connectivity index (χ1v) is 7.15. The second-order valence-electron chi connectivity index (χ2n) is 5.99. The maximum atomic E-state index is 12.1. The van der Waals surface area contributed by atoms with Gasteiger partial charge in [-0.2, -0.15) is 0 Å². The lowest BCUT2D eigenvalue weighted by molar-refractivity contribution is -0.124.